The highest BCUT2D eigenvalue weighted by atomic mass is 19.1. The Labute approximate surface area is 144 Å². The SMILES string of the molecule is CC(C)c1c(C(=O)Nc2cccc(F)c2)cnn1-c1ccc(F)cc1. The topological polar surface area (TPSA) is 46.9 Å². The number of benzene rings is 2. The monoisotopic (exact) mass is 341 g/mol. The van der Waals surface area contributed by atoms with Crippen LogP contribution in [-0.4, -0.2) is 15.7 Å². The number of aromatic nitrogens is 2. The molecule has 0 bridgehead atoms. The standard InChI is InChI=1S/C19H17F2N3O/c1-12(2)18-17(19(25)23-15-5-3-4-14(21)10-15)11-22-24(18)16-8-6-13(20)7-9-16/h3-12H,1-2H3,(H,23,25). The number of nitrogens with zero attached hydrogens (tertiary/aromatic N) is 2. The number of carbonyl (C=O) groups is 1. The summed E-state index contributed by atoms with van der Waals surface area (Å²) in [6, 6.07) is 11.6. The lowest BCUT2D eigenvalue weighted by atomic mass is 10.0. The van der Waals surface area contributed by atoms with E-state index in [0.29, 0.717) is 22.6 Å². The Morgan fingerprint density at radius 2 is 1.80 bits per heavy atom. The molecule has 0 saturated heterocycles. The van der Waals surface area contributed by atoms with E-state index >= 15 is 0 Å². The number of anilines is 1. The van der Waals surface area contributed by atoms with Gasteiger partial charge in [-0.1, -0.05) is 19.9 Å². The molecular weight excluding hydrogens is 324 g/mol. The van der Waals surface area contributed by atoms with E-state index in [2.05, 4.69) is 10.4 Å². The third kappa shape index (κ3) is 3.57. The van der Waals surface area contributed by atoms with Gasteiger partial charge in [-0.15, -0.1) is 0 Å². The number of carbonyl (C=O) groups excluding carboxylic acids is 1. The van der Waals surface area contributed by atoms with Crippen LogP contribution in [-0.2, 0) is 0 Å². The molecular formula is C19H17F2N3O. The fourth-order valence-corrected chi connectivity index (χ4v) is 2.64. The first-order valence-electron chi connectivity index (χ1n) is 7.86. The second-order valence-electron chi connectivity index (χ2n) is 5.95. The first kappa shape index (κ1) is 16.8. The highest BCUT2D eigenvalue weighted by Gasteiger charge is 2.21. The van der Waals surface area contributed by atoms with Crippen molar-refractivity contribution in [3.8, 4) is 5.69 Å². The fourth-order valence-electron chi connectivity index (χ4n) is 2.64. The number of nitrogens with one attached hydrogen (secondary N) is 1. The van der Waals surface area contributed by atoms with E-state index in [-0.39, 0.29) is 17.6 Å². The van der Waals surface area contributed by atoms with E-state index < -0.39 is 5.82 Å². The molecule has 0 atom stereocenters. The zero-order chi connectivity index (χ0) is 18.0. The minimum absolute atomic E-state index is 0.000752. The van der Waals surface area contributed by atoms with Crippen molar-refractivity contribution in [2.45, 2.75) is 19.8 Å². The van der Waals surface area contributed by atoms with Crippen LogP contribution in [0.15, 0.2) is 54.7 Å². The molecule has 2 aromatic carbocycles. The molecule has 1 aromatic heterocycles. The van der Waals surface area contributed by atoms with Gasteiger partial charge in [-0.25, -0.2) is 13.5 Å². The summed E-state index contributed by atoms with van der Waals surface area (Å²) in [6.45, 7) is 3.88. The summed E-state index contributed by atoms with van der Waals surface area (Å²) in [5.74, 6) is -1.14. The first-order chi connectivity index (χ1) is 12.0. The summed E-state index contributed by atoms with van der Waals surface area (Å²) in [6.07, 6.45) is 1.47. The normalized spacial score (nSPS) is 10.9. The van der Waals surface area contributed by atoms with Crippen molar-refractivity contribution in [1.82, 2.24) is 9.78 Å². The molecule has 1 N–H and O–H groups in total. The maximum absolute atomic E-state index is 13.3. The van der Waals surface area contributed by atoms with Crippen molar-refractivity contribution in [1.29, 1.82) is 0 Å². The molecule has 3 aromatic rings. The lowest BCUT2D eigenvalue weighted by Crippen LogP contribution is -2.15. The van der Waals surface area contributed by atoms with Crippen LogP contribution in [0.2, 0.25) is 0 Å². The van der Waals surface area contributed by atoms with Crippen LogP contribution in [0.3, 0.4) is 0 Å². The van der Waals surface area contributed by atoms with Crippen LogP contribution in [0.4, 0.5) is 14.5 Å². The number of hydrogen-bond donors (Lipinski definition) is 1. The molecule has 4 nitrogen and oxygen atoms in total. The number of amides is 1. The number of rotatable bonds is 4. The molecule has 0 aliphatic rings. The van der Waals surface area contributed by atoms with Gasteiger partial charge in [0.25, 0.3) is 5.91 Å². The lowest BCUT2D eigenvalue weighted by molar-refractivity contribution is 0.102. The molecule has 0 spiro atoms. The molecule has 1 amide bonds. The fraction of sp³-hybridized carbons (Fsp3) is 0.158. The molecule has 1 heterocycles. The average Bonchev–Trinajstić information content (AvgIpc) is 3.01. The van der Waals surface area contributed by atoms with Crippen LogP contribution in [0.5, 0.6) is 0 Å². The Hall–Kier alpha value is -3.02. The predicted molar refractivity (Wildman–Crippen MR) is 92.0 cm³/mol. The van der Waals surface area contributed by atoms with Gasteiger partial charge < -0.3 is 5.32 Å². The summed E-state index contributed by atoms with van der Waals surface area (Å²) in [5.41, 5.74) is 2.12. The highest BCUT2D eigenvalue weighted by molar-refractivity contribution is 6.05. The molecule has 0 fully saturated rings. The van der Waals surface area contributed by atoms with Crippen LogP contribution >= 0.6 is 0 Å². The zero-order valence-corrected chi connectivity index (χ0v) is 13.8. The van der Waals surface area contributed by atoms with E-state index in [0.717, 1.165) is 0 Å². The van der Waals surface area contributed by atoms with Crippen LogP contribution in [0.25, 0.3) is 5.69 Å². The summed E-state index contributed by atoms with van der Waals surface area (Å²) in [5, 5.41) is 6.95. The third-order valence-electron chi connectivity index (χ3n) is 3.75. The zero-order valence-electron chi connectivity index (χ0n) is 13.8. The maximum atomic E-state index is 13.3. The predicted octanol–water partition coefficient (Wildman–Crippen LogP) is 4.53. The van der Waals surface area contributed by atoms with Gasteiger partial charge in [0.1, 0.15) is 11.6 Å². The van der Waals surface area contributed by atoms with Crippen LogP contribution < -0.4 is 5.32 Å². The van der Waals surface area contributed by atoms with Crippen LogP contribution in [0, 0.1) is 11.6 Å². The quantitative estimate of drug-likeness (QED) is 0.758. The number of hydrogen-bond acceptors (Lipinski definition) is 2. The van der Waals surface area contributed by atoms with Gasteiger partial charge in [-0.2, -0.15) is 5.10 Å². The molecule has 0 unspecified atom stereocenters. The smallest absolute Gasteiger partial charge is 0.259 e. The summed E-state index contributed by atoms with van der Waals surface area (Å²) >= 11 is 0. The minimum atomic E-state index is -0.427. The maximum Gasteiger partial charge on any atom is 0.259 e. The molecule has 0 aliphatic heterocycles. The van der Waals surface area contributed by atoms with E-state index in [1.54, 1.807) is 22.9 Å². The van der Waals surface area contributed by atoms with Crippen molar-refractivity contribution in [2.24, 2.45) is 0 Å². The Kier molecular flexibility index (Phi) is 4.61. The van der Waals surface area contributed by atoms with E-state index in [1.165, 1.54) is 36.5 Å². The van der Waals surface area contributed by atoms with Crippen LogP contribution in [0.1, 0.15) is 35.8 Å². The Balaban J connectivity index is 1.96. The third-order valence-corrected chi connectivity index (χ3v) is 3.75. The lowest BCUT2D eigenvalue weighted by Gasteiger charge is -2.13. The van der Waals surface area contributed by atoms with Gasteiger partial charge in [0.2, 0.25) is 0 Å². The second kappa shape index (κ2) is 6.84. The van der Waals surface area contributed by atoms with Crippen molar-refractivity contribution >= 4 is 11.6 Å². The molecule has 0 saturated carbocycles. The van der Waals surface area contributed by atoms with Crippen molar-refractivity contribution in [2.75, 3.05) is 5.32 Å². The highest BCUT2D eigenvalue weighted by Crippen LogP contribution is 2.24. The van der Waals surface area contributed by atoms with E-state index in [4.69, 9.17) is 0 Å². The van der Waals surface area contributed by atoms with Gasteiger partial charge in [-0.3, -0.25) is 4.79 Å². The summed E-state index contributed by atoms with van der Waals surface area (Å²) < 4.78 is 28.0. The van der Waals surface area contributed by atoms with Crippen molar-refractivity contribution in [3.63, 3.8) is 0 Å². The summed E-state index contributed by atoms with van der Waals surface area (Å²) in [4.78, 5) is 12.6. The van der Waals surface area contributed by atoms with Gasteiger partial charge >= 0.3 is 0 Å². The first-order valence-corrected chi connectivity index (χ1v) is 7.86. The molecule has 0 aliphatic carbocycles. The van der Waals surface area contributed by atoms with E-state index in [9.17, 15) is 13.6 Å². The molecule has 0 radical (unpaired) electrons. The second-order valence-corrected chi connectivity index (χ2v) is 5.95. The average molecular weight is 341 g/mol. The minimum Gasteiger partial charge on any atom is -0.322 e. The molecule has 25 heavy (non-hydrogen) atoms. The van der Waals surface area contributed by atoms with Gasteiger partial charge in [0, 0.05) is 5.69 Å². The Bertz CT molecular complexity index is 901. The summed E-state index contributed by atoms with van der Waals surface area (Å²) in [7, 11) is 0. The van der Waals surface area contributed by atoms with Gasteiger partial charge in [0.15, 0.2) is 0 Å². The molecule has 128 valence electrons. The van der Waals surface area contributed by atoms with Gasteiger partial charge in [-0.05, 0) is 48.4 Å². The molecule has 3 rings (SSSR count). The number of halogens is 2. The Morgan fingerprint density at radius 3 is 2.44 bits per heavy atom. The van der Waals surface area contributed by atoms with E-state index in [1.807, 2.05) is 13.8 Å². The van der Waals surface area contributed by atoms with Crippen molar-refractivity contribution < 1.29 is 13.6 Å². The van der Waals surface area contributed by atoms with Gasteiger partial charge in [0.05, 0.1) is 23.1 Å². The Morgan fingerprint density at radius 1 is 1.08 bits per heavy atom. The largest absolute Gasteiger partial charge is 0.322 e. The van der Waals surface area contributed by atoms with Crippen molar-refractivity contribution in [3.05, 3.63) is 77.6 Å². The molecule has 6 heteroatoms.